The number of benzene rings is 1. The lowest BCUT2D eigenvalue weighted by molar-refractivity contribution is -0.138. The van der Waals surface area contributed by atoms with Gasteiger partial charge in [0, 0.05) is 23.3 Å². The highest BCUT2D eigenvalue weighted by Crippen LogP contribution is 2.36. The summed E-state index contributed by atoms with van der Waals surface area (Å²) in [5, 5.41) is 12.1. The number of para-hydroxylation sites is 1. The summed E-state index contributed by atoms with van der Waals surface area (Å²) in [7, 11) is 0. The minimum absolute atomic E-state index is 0.156. The Bertz CT molecular complexity index is 672. The SMILES string of the molecule is O=C(O)C1CN(C(=O)NCc2cncs2)c2ccccc21. The fraction of sp³-hybridized carbons (Fsp3) is 0.214. The molecule has 1 atom stereocenters. The van der Waals surface area contributed by atoms with E-state index in [1.54, 1.807) is 36.0 Å². The number of fused-ring (bicyclic) bond motifs is 1. The average Bonchev–Trinajstić information content (AvgIpc) is 3.12. The number of aliphatic carboxylic acids is 1. The van der Waals surface area contributed by atoms with E-state index < -0.39 is 11.9 Å². The fourth-order valence-electron chi connectivity index (χ4n) is 2.40. The minimum Gasteiger partial charge on any atom is -0.481 e. The molecular weight excluding hydrogens is 290 g/mol. The summed E-state index contributed by atoms with van der Waals surface area (Å²) in [6.45, 7) is 0.545. The summed E-state index contributed by atoms with van der Waals surface area (Å²) in [6.07, 6.45) is 1.70. The number of carbonyl (C=O) groups excluding carboxylic acids is 1. The minimum atomic E-state index is -0.916. The number of amides is 2. The van der Waals surface area contributed by atoms with E-state index in [1.165, 1.54) is 16.2 Å². The molecule has 2 heterocycles. The molecule has 0 saturated carbocycles. The normalized spacial score (nSPS) is 16.6. The van der Waals surface area contributed by atoms with Crippen molar-refractivity contribution in [2.45, 2.75) is 12.5 Å². The summed E-state index contributed by atoms with van der Waals surface area (Å²) in [6, 6.07) is 6.81. The predicted molar refractivity (Wildman–Crippen MR) is 78.5 cm³/mol. The molecule has 0 radical (unpaired) electrons. The standard InChI is InChI=1S/C14H13N3O3S/c18-13(19)11-7-17(12-4-2-1-3-10(11)12)14(20)16-6-9-5-15-8-21-9/h1-5,8,11H,6-7H2,(H,16,20)(H,18,19). The molecule has 21 heavy (non-hydrogen) atoms. The molecule has 2 N–H and O–H groups in total. The van der Waals surface area contributed by atoms with Crippen LogP contribution < -0.4 is 10.2 Å². The van der Waals surface area contributed by atoms with Gasteiger partial charge in [0.05, 0.1) is 12.1 Å². The van der Waals surface area contributed by atoms with E-state index in [0.717, 1.165) is 4.88 Å². The van der Waals surface area contributed by atoms with Crippen molar-refractivity contribution in [2.75, 3.05) is 11.4 Å². The highest BCUT2D eigenvalue weighted by Gasteiger charge is 2.36. The zero-order valence-corrected chi connectivity index (χ0v) is 11.8. The van der Waals surface area contributed by atoms with Crippen molar-refractivity contribution in [3.63, 3.8) is 0 Å². The van der Waals surface area contributed by atoms with Crippen LogP contribution in [-0.2, 0) is 11.3 Å². The second-order valence-electron chi connectivity index (χ2n) is 4.69. The van der Waals surface area contributed by atoms with Gasteiger partial charge in [-0.2, -0.15) is 0 Å². The number of thiazole rings is 1. The van der Waals surface area contributed by atoms with E-state index in [-0.39, 0.29) is 12.6 Å². The summed E-state index contributed by atoms with van der Waals surface area (Å²) in [4.78, 5) is 30.0. The van der Waals surface area contributed by atoms with E-state index in [0.29, 0.717) is 17.8 Å². The first kappa shape index (κ1) is 13.6. The van der Waals surface area contributed by atoms with Crippen molar-refractivity contribution in [1.29, 1.82) is 0 Å². The van der Waals surface area contributed by atoms with E-state index in [2.05, 4.69) is 10.3 Å². The second-order valence-corrected chi connectivity index (χ2v) is 5.66. The molecule has 1 unspecified atom stereocenters. The third-order valence-electron chi connectivity index (χ3n) is 3.41. The van der Waals surface area contributed by atoms with Gasteiger partial charge in [0.1, 0.15) is 5.92 Å². The monoisotopic (exact) mass is 303 g/mol. The Morgan fingerprint density at radius 3 is 2.95 bits per heavy atom. The Hall–Kier alpha value is -2.41. The molecular formula is C14H13N3O3S. The van der Waals surface area contributed by atoms with Crippen molar-refractivity contribution in [3.05, 3.63) is 46.4 Å². The zero-order chi connectivity index (χ0) is 14.8. The summed E-state index contributed by atoms with van der Waals surface area (Å²) in [5.41, 5.74) is 3.04. The Kier molecular flexibility index (Phi) is 3.57. The van der Waals surface area contributed by atoms with Crippen LogP contribution in [0, 0.1) is 0 Å². The predicted octanol–water partition coefficient (Wildman–Crippen LogP) is 2.04. The molecule has 3 rings (SSSR count). The number of rotatable bonds is 3. The maximum atomic E-state index is 12.3. The van der Waals surface area contributed by atoms with Crippen LogP contribution in [0.1, 0.15) is 16.4 Å². The number of nitrogens with one attached hydrogen (secondary N) is 1. The molecule has 0 bridgehead atoms. The van der Waals surface area contributed by atoms with Crippen LogP contribution in [0.2, 0.25) is 0 Å². The molecule has 0 saturated heterocycles. The van der Waals surface area contributed by atoms with Gasteiger partial charge < -0.3 is 10.4 Å². The van der Waals surface area contributed by atoms with Gasteiger partial charge >= 0.3 is 12.0 Å². The van der Waals surface area contributed by atoms with Gasteiger partial charge in [-0.25, -0.2) is 4.79 Å². The van der Waals surface area contributed by atoms with Gasteiger partial charge in [-0.05, 0) is 11.6 Å². The molecule has 7 heteroatoms. The van der Waals surface area contributed by atoms with Crippen molar-refractivity contribution >= 4 is 29.0 Å². The number of hydrogen-bond acceptors (Lipinski definition) is 4. The number of carbonyl (C=O) groups is 2. The van der Waals surface area contributed by atoms with Crippen LogP contribution in [-0.4, -0.2) is 28.6 Å². The van der Waals surface area contributed by atoms with Crippen molar-refractivity contribution in [2.24, 2.45) is 0 Å². The molecule has 2 amide bonds. The maximum absolute atomic E-state index is 12.3. The smallest absolute Gasteiger partial charge is 0.322 e. The average molecular weight is 303 g/mol. The third-order valence-corrected chi connectivity index (χ3v) is 4.19. The first-order valence-corrected chi connectivity index (χ1v) is 7.29. The van der Waals surface area contributed by atoms with Gasteiger partial charge in [-0.15, -0.1) is 11.3 Å². The number of anilines is 1. The molecule has 0 spiro atoms. The largest absolute Gasteiger partial charge is 0.481 e. The number of hydrogen-bond donors (Lipinski definition) is 2. The first-order valence-electron chi connectivity index (χ1n) is 6.41. The molecule has 6 nitrogen and oxygen atoms in total. The lowest BCUT2D eigenvalue weighted by Gasteiger charge is -2.17. The number of urea groups is 1. The number of nitrogens with zero attached hydrogens (tertiary/aromatic N) is 2. The number of aromatic nitrogens is 1. The van der Waals surface area contributed by atoms with E-state index in [9.17, 15) is 14.7 Å². The zero-order valence-electron chi connectivity index (χ0n) is 11.0. The molecule has 2 aromatic rings. The molecule has 1 aliphatic rings. The highest BCUT2D eigenvalue weighted by molar-refractivity contribution is 7.09. The Balaban J connectivity index is 1.76. The van der Waals surface area contributed by atoms with E-state index >= 15 is 0 Å². The Morgan fingerprint density at radius 1 is 1.43 bits per heavy atom. The van der Waals surface area contributed by atoms with Gasteiger partial charge in [-0.3, -0.25) is 14.7 Å². The van der Waals surface area contributed by atoms with Crippen molar-refractivity contribution in [3.8, 4) is 0 Å². The number of carboxylic acids is 1. The van der Waals surface area contributed by atoms with Gasteiger partial charge in [0.2, 0.25) is 0 Å². The van der Waals surface area contributed by atoms with Gasteiger partial charge in [0.15, 0.2) is 0 Å². The highest BCUT2D eigenvalue weighted by atomic mass is 32.1. The van der Waals surface area contributed by atoms with Crippen LogP contribution in [0.3, 0.4) is 0 Å². The number of carboxylic acid groups (broad SMARTS) is 1. The quantitative estimate of drug-likeness (QED) is 0.909. The maximum Gasteiger partial charge on any atom is 0.322 e. The van der Waals surface area contributed by atoms with Crippen molar-refractivity contribution < 1.29 is 14.7 Å². The molecule has 108 valence electrons. The molecule has 1 aromatic carbocycles. The van der Waals surface area contributed by atoms with Crippen LogP contribution in [0.25, 0.3) is 0 Å². The van der Waals surface area contributed by atoms with Crippen LogP contribution in [0.5, 0.6) is 0 Å². The van der Waals surface area contributed by atoms with E-state index in [4.69, 9.17) is 0 Å². The lowest BCUT2D eigenvalue weighted by Crippen LogP contribution is -2.39. The lowest BCUT2D eigenvalue weighted by atomic mass is 10.0. The first-order chi connectivity index (χ1) is 10.2. The second kappa shape index (κ2) is 5.53. The molecule has 0 fully saturated rings. The third kappa shape index (κ3) is 2.59. The summed E-state index contributed by atoms with van der Waals surface area (Å²) < 4.78 is 0. The Labute approximate surface area is 125 Å². The topological polar surface area (TPSA) is 82.5 Å². The van der Waals surface area contributed by atoms with Crippen LogP contribution in [0.4, 0.5) is 10.5 Å². The fourth-order valence-corrected chi connectivity index (χ4v) is 2.93. The Morgan fingerprint density at radius 2 is 2.24 bits per heavy atom. The van der Waals surface area contributed by atoms with E-state index in [1.807, 2.05) is 0 Å². The molecule has 1 aromatic heterocycles. The summed E-state index contributed by atoms with van der Waals surface area (Å²) >= 11 is 1.46. The molecule has 1 aliphatic heterocycles. The van der Waals surface area contributed by atoms with Crippen LogP contribution in [0.15, 0.2) is 36.0 Å². The van der Waals surface area contributed by atoms with Crippen LogP contribution >= 0.6 is 11.3 Å². The summed E-state index contributed by atoms with van der Waals surface area (Å²) in [5.74, 6) is -1.59. The van der Waals surface area contributed by atoms with Crippen molar-refractivity contribution in [1.82, 2.24) is 10.3 Å². The van der Waals surface area contributed by atoms with Gasteiger partial charge in [0.25, 0.3) is 0 Å². The van der Waals surface area contributed by atoms with Gasteiger partial charge in [-0.1, -0.05) is 18.2 Å². The molecule has 0 aliphatic carbocycles.